The molecule has 1 aromatic carbocycles. The first-order valence-corrected chi connectivity index (χ1v) is 11.3. The number of nitrogens with zero attached hydrogens (tertiary/aromatic N) is 6. The second kappa shape index (κ2) is 8.44. The van der Waals surface area contributed by atoms with Gasteiger partial charge in [0.25, 0.3) is 0 Å². The maximum atomic E-state index is 13.0. The van der Waals surface area contributed by atoms with E-state index in [2.05, 4.69) is 20.5 Å². The number of hydrogen-bond donors (Lipinski definition) is 1. The third kappa shape index (κ3) is 4.42. The summed E-state index contributed by atoms with van der Waals surface area (Å²) in [6.07, 6.45) is 3.53. The average molecular weight is 442 g/mol. The molecule has 1 N–H and O–H groups in total. The van der Waals surface area contributed by atoms with Gasteiger partial charge >= 0.3 is 0 Å². The van der Waals surface area contributed by atoms with E-state index in [4.69, 9.17) is 0 Å². The SMILES string of the molecule is CC(=O)Nc1ccc(S(=O)(=O)N2CCN(c3ccc(-n4ccnc4C)nn3)CC2)cc1. The highest BCUT2D eigenvalue weighted by atomic mass is 32.2. The fraction of sp³-hybridized carbons (Fsp3) is 0.300. The Kier molecular flexibility index (Phi) is 5.70. The topological polar surface area (TPSA) is 113 Å². The summed E-state index contributed by atoms with van der Waals surface area (Å²) in [7, 11) is -3.61. The van der Waals surface area contributed by atoms with Crippen molar-refractivity contribution in [1.29, 1.82) is 0 Å². The summed E-state index contributed by atoms with van der Waals surface area (Å²) in [5.41, 5.74) is 0.559. The van der Waals surface area contributed by atoms with Crippen LogP contribution in [-0.2, 0) is 14.8 Å². The maximum absolute atomic E-state index is 13.0. The van der Waals surface area contributed by atoms with Crippen molar-refractivity contribution < 1.29 is 13.2 Å². The number of sulfonamides is 1. The minimum Gasteiger partial charge on any atom is -0.352 e. The Labute approximate surface area is 180 Å². The third-order valence-electron chi connectivity index (χ3n) is 5.08. The predicted octanol–water partition coefficient (Wildman–Crippen LogP) is 1.44. The summed E-state index contributed by atoms with van der Waals surface area (Å²) in [5.74, 6) is 2.01. The number of imidazole rings is 1. The predicted molar refractivity (Wildman–Crippen MR) is 116 cm³/mol. The van der Waals surface area contributed by atoms with Crippen molar-refractivity contribution in [3.05, 3.63) is 54.6 Å². The first kappa shape index (κ1) is 20.9. The van der Waals surface area contributed by atoms with E-state index in [1.165, 1.54) is 23.4 Å². The number of piperazine rings is 1. The van der Waals surface area contributed by atoms with Gasteiger partial charge in [0.1, 0.15) is 5.82 Å². The summed E-state index contributed by atoms with van der Waals surface area (Å²) in [5, 5.41) is 11.2. The molecule has 0 bridgehead atoms. The van der Waals surface area contributed by atoms with Crippen LogP contribution < -0.4 is 10.2 Å². The standard InChI is InChI=1S/C20H23N7O3S/c1-15-21-9-10-27(15)20-8-7-19(23-24-20)25-11-13-26(14-12-25)31(29,30)18-5-3-17(4-6-18)22-16(2)28/h3-10H,11-14H2,1-2H3,(H,22,28). The highest BCUT2D eigenvalue weighted by Crippen LogP contribution is 2.22. The monoisotopic (exact) mass is 441 g/mol. The average Bonchev–Trinajstić information content (AvgIpc) is 3.20. The summed E-state index contributed by atoms with van der Waals surface area (Å²) in [4.78, 5) is 17.5. The normalized spacial score (nSPS) is 15.1. The molecule has 0 aliphatic carbocycles. The van der Waals surface area contributed by atoms with Gasteiger partial charge in [0.05, 0.1) is 4.90 Å². The molecule has 0 spiro atoms. The molecule has 1 fully saturated rings. The Balaban J connectivity index is 1.41. The molecule has 4 rings (SSSR count). The van der Waals surface area contributed by atoms with E-state index in [1.807, 2.05) is 34.7 Å². The van der Waals surface area contributed by atoms with Crippen LogP contribution in [0.3, 0.4) is 0 Å². The molecule has 0 atom stereocenters. The van der Waals surface area contributed by atoms with Crippen LogP contribution in [-0.4, -0.2) is 64.6 Å². The number of anilines is 2. The molecule has 0 saturated carbocycles. The van der Waals surface area contributed by atoms with Gasteiger partial charge in [-0.25, -0.2) is 13.4 Å². The lowest BCUT2D eigenvalue weighted by Crippen LogP contribution is -2.49. The maximum Gasteiger partial charge on any atom is 0.243 e. The van der Waals surface area contributed by atoms with Crippen LogP contribution in [0.5, 0.6) is 0 Å². The Morgan fingerprint density at radius 3 is 2.16 bits per heavy atom. The third-order valence-corrected chi connectivity index (χ3v) is 7.00. The van der Waals surface area contributed by atoms with Crippen LogP contribution in [0.25, 0.3) is 5.82 Å². The summed E-state index contributed by atoms with van der Waals surface area (Å²) in [6.45, 7) is 5.02. The minimum atomic E-state index is -3.61. The highest BCUT2D eigenvalue weighted by Gasteiger charge is 2.29. The van der Waals surface area contributed by atoms with Gasteiger partial charge in [0.15, 0.2) is 11.6 Å². The molecular weight excluding hydrogens is 418 g/mol. The van der Waals surface area contributed by atoms with Gasteiger partial charge in [-0.1, -0.05) is 0 Å². The second-order valence-corrected chi connectivity index (χ2v) is 9.13. The second-order valence-electron chi connectivity index (χ2n) is 7.19. The van der Waals surface area contributed by atoms with E-state index >= 15 is 0 Å². The lowest BCUT2D eigenvalue weighted by atomic mass is 10.3. The number of aryl methyl sites for hydroxylation is 1. The molecule has 162 valence electrons. The number of amides is 1. The van der Waals surface area contributed by atoms with Gasteiger partial charge in [0.2, 0.25) is 15.9 Å². The lowest BCUT2D eigenvalue weighted by molar-refractivity contribution is -0.114. The van der Waals surface area contributed by atoms with E-state index in [1.54, 1.807) is 18.3 Å². The number of rotatable bonds is 5. The smallest absolute Gasteiger partial charge is 0.243 e. The van der Waals surface area contributed by atoms with Crippen molar-refractivity contribution in [3.8, 4) is 5.82 Å². The fourth-order valence-electron chi connectivity index (χ4n) is 3.46. The van der Waals surface area contributed by atoms with Crippen molar-refractivity contribution >= 4 is 27.4 Å². The lowest BCUT2D eigenvalue weighted by Gasteiger charge is -2.34. The van der Waals surface area contributed by atoms with Crippen LogP contribution >= 0.6 is 0 Å². The zero-order valence-corrected chi connectivity index (χ0v) is 18.1. The molecule has 1 amide bonds. The van der Waals surface area contributed by atoms with E-state index in [0.717, 1.165) is 5.82 Å². The Morgan fingerprint density at radius 1 is 0.968 bits per heavy atom. The van der Waals surface area contributed by atoms with Gasteiger partial charge in [-0.15, -0.1) is 10.2 Å². The fourth-order valence-corrected chi connectivity index (χ4v) is 4.88. The first-order valence-electron chi connectivity index (χ1n) is 9.81. The number of carbonyl (C=O) groups excluding carboxylic acids is 1. The van der Waals surface area contributed by atoms with Gasteiger partial charge in [-0.05, 0) is 43.3 Å². The van der Waals surface area contributed by atoms with E-state index in [-0.39, 0.29) is 10.8 Å². The van der Waals surface area contributed by atoms with Crippen LogP contribution in [0.15, 0.2) is 53.7 Å². The molecule has 1 aliphatic rings. The van der Waals surface area contributed by atoms with Crippen LogP contribution in [0, 0.1) is 6.92 Å². The van der Waals surface area contributed by atoms with E-state index in [0.29, 0.717) is 43.5 Å². The van der Waals surface area contributed by atoms with Crippen LogP contribution in [0.4, 0.5) is 11.5 Å². The Bertz CT molecular complexity index is 1170. The van der Waals surface area contributed by atoms with Crippen molar-refractivity contribution in [2.75, 3.05) is 36.4 Å². The molecule has 31 heavy (non-hydrogen) atoms. The van der Waals surface area contributed by atoms with Crippen molar-refractivity contribution in [3.63, 3.8) is 0 Å². The molecule has 2 aromatic heterocycles. The number of hydrogen-bond acceptors (Lipinski definition) is 7. The van der Waals surface area contributed by atoms with Crippen molar-refractivity contribution in [2.45, 2.75) is 18.7 Å². The molecule has 11 heteroatoms. The van der Waals surface area contributed by atoms with E-state index < -0.39 is 10.0 Å². The largest absolute Gasteiger partial charge is 0.352 e. The van der Waals surface area contributed by atoms with Gasteiger partial charge in [-0.3, -0.25) is 9.36 Å². The number of benzene rings is 1. The van der Waals surface area contributed by atoms with Crippen molar-refractivity contribution in [2.24, 2.45) is 0 Å². The zero-order chi connectivity index (χ0) is 22.0. The van der Waals surface area contributed by atoms with E-state index in [9.17, 15) is 13.2 Å². The number of aromatic nitrogens is 4. The Hall–Kier alpha value is -3.31. The molecule has 3 heterocycles. The first-order chi connectivity index (χ1) is 14.8. The molecule has 3 aromatic rings. The summed E-state index contributed by atoms with van der Waals surface area (Å²) >= 11 is 0. The molecule has 10 nitrogen and oxygen atoms in total. The summed E-state index contributed by atoms with van der Waals surface area (Å²) in [6, 6.07) is 9.95. The summed E-state index contributed by atoms with van der Waals surface area (Å²) < 4.78 is 29.2. The quantitative estimate of drug-likeness (QED) is 0.637. The number of carbonyl (C=O) groups is 1. The van der Waals surface area contributed by atoms with Crippen LogP contribution in [0.2, 0.25) is 0 Å². The molecule has 0 unspecified atom stereocenters. The highest BCUT2D eigenvalue weighted by molar-refractivity contribution is 7.89. The van der Waals surface area contributed by atoms with Gasteiger partial charge < -0.3 is 10.2 Å². The molecule has 0 radical (unpaired) electrons. The van der Waals surface area contributed by atoms with Crippen LogP contribution in [0.1, 0.15) is 12.7 Å². The molecule has 1 aliphatic heterocycles. The molecule has 1 saturated heterocycles. The number of nitrogens with one attached hydrogen (secondary N) is 1. The Morgan fingerprint density at radius 2 is 1.61 bits per heavy atom. The van der Waals surface area contributed by atoms with Crippen molar-refractivity contribution in [1.82, 2.24) is 24.1 Å². The zero-order valence-electron chi connectivity index (χ0n) is 17.3. The van der Waals surface area contributed by atoms with Gasteiger partial charge in [0, 0.05) is 51.2 Å². The van der Waals surface area contributed by atoms with Gasteiger partial charge in [-0.2, -0.15) is 4.31 Å². The molecular formula is C20H23N7O3S. The minimum absolute atomic E-state index is 0.204.